The summed E-state index contributed by atoms with van der Waals surface area (Å²) >= 11 is 0. The third-order valence-electron chi connectivity index (χ3n) is 5.71. The van der Waals surface area contributed by atoms with Crippen molar-refractivity contribution >= 4 is 10.9 Å². The van der Waals surface area contributed by atoms with Crippen LogP contribution in [0.4, 0.5) is 0 Å². The topological polar surface area (TPSA) is 32.3 Å². The van der Waals surface area contributed by atoms with Crippen LogP contribution < -0.4 is 0 Å². The van der Waals surface area contributed by atoms with Crippen LogP contribution in [-0.4, -0.2) is 32.9 Å². The fourth-order valence-electron chi connectivity index (χ4n) is 4.40. The van der Waals surface area contributed by atoms with Crippen LogP contribution in [-0.2, 0) is 19.5 Å². The molecule has 0 unspecified atom stereocenters. The monoisotopic (exact) mass is 368 g/mol. The smallest absolute Gasteiger partial charge is 0.108 e. The molecule has 0 saturated heterocycles. The predicted octanol–water partition coefficient (Wildman–Crippen LogP) is 4.29. The minimum Gasteiger partial charge on any atom is -0.353 e. The zero-order valence-electron chi connectivity index (χ0n) is 16.2. The first kappa shape index (κ1) is 17.0. The molecule has 2 aliphatic rings. The average molecular weight is 368 g/mol. The predicted molar refractivity (Wildman–Crippen MR) is 112 cm³/mol. The maximum Gasteiger partial charge on any atom is 0.108 e. The van der Waals surface area contributed by atoms with Crippen LogP contribution in [0.1, 0.15) is 23.7 Å². The highest BCUT2D eigenvalue weighted by Gasteiger charge is 2.25. The van der Waals surface area contributed by atoms with Crippen molar-refractivity contribution in [2.45, 2.75) is 26.4 Å². The fraction of sp³-hybridized carbons (Fsp3) is 0.250. The standard InChI is InChI=1S/C24H24N4/c1-18-6-5-14-27(16-19-10-13-26-23-9-3-2-8-21(19)23)24(18)28-15-11-22-20(17-28)7-4-12-25-22/h2-10,12-13H,11,14-17H2,1H3. The third kappa shape index (κ3) is 3.05. The molecular formula is C24H24N4. The van der Waals surface area contributed by atoms with Crippen molar-refractivity contribution in [1.82, 2.24) is 19.8 Å². The molecule has 2 aromatic heterocycles. The molecule has 28 heavy (non-hydrogen) atoms. The van der Waals surface area contributed by atoms with Crippen LogP contribution >= 0.6 is 0 Å². The minimum atomic E-state index is 0.885. The zero-order chi connectivity index (χ0) is 18.9. The van der Waals surface area contributed by atoms with Gasteiger partial charge in [-0.3, -0.25) is 9.97 Å². The molecule has 0 amide bonds. The van der Waals surface area contributed by atoms with Crippen molar-refractivity contribution in [3.8, 4) is 0 Å². The van der Waals surface area contributed by atoms with Crippen molar-refractivity contribution in [1.29, 1.82) is 0 Å². The van der Waals surface area contributed by atoms with Gasteiger partial charge in [-0.15, -0.1) is 0 Å². The number of benzene rings is 1. The maximum atomic E-state index is 4.56. The molecule has 2 aliphatic heterocycles. The van der Waals surface area contributed by atoms with Crippen molar-refractivity contribution in [3.63, 3.8) is 0 Å². The molecule has 5 rings (SSSR count). The highest BCUT2D eigenvalue weighted by atomic mass is 15.3. The quantitative estimate of drug-likeness (QED) is 0.690. The van der Waals surface area contributed by atoms with Gasteiger partial charge in [-0.1, -0.05) is 36.4 Å². The molecule has 4 heterocycles. The third-order valence-corrected chi connectivity index (χ3v) is 5.71. The molecule has 0 radical (unpaired) electrons. The Hall–Kier alpha value is -3.14. The summed E-state index contributed by atoms with van der Waals surface area (Å²) in [4.78, 5) is 14.1. The summed E-state index contributed by atoms with van der Waals surface area (Å²) in [6.45, 7) is 5.98. The number of aromatic nitrogens is 2. The molecule has 3 aromatic rings. The summed E-state index contributed by atoms with van der Waals surface area (Å²) in [6.07, 6.45) is 9.36. The van der Waals surface area contributed by atoms with E-state index in [1.165, 1.54) is 33.6 Å². The molecule has 0 saturated carbocycles. The highest BCUT2D eigenvalue weighted by molar-refractivity contribution is 5.81. The van der Waals surface area contributed by atoms with Gasteiger partial charge < -0.3 is 9.80 Å². The van der Waals surface area contributed by atoms with E-state index in [9.17, 15) is 0 Å². The maximum absolute atomic E-state index is 4.56. The lowest BCUT2D eigenvalue weighted by molar-refractivity contribution is 0.196. The molecule has 4 heteroatoms. The Morgan fingerprint density at radius 3 is 2.89 bits per heavy atom. The number of rotatable bonds is 3. The van der Waals surface area contributed by atoms with Gasteiger partial charge >= 0.3 is 0 Å². The van der Waals surface area contributed by atoms with Crippen LogP contribution in [0, 0.1) is 0 Å². The number of allylic oxidation sites excluding steroid dienone is 2. The van der Waals surface area contributed by atoms with Crippen LogP contribution in [0.15, 0.2) is 78.4 Å². The van der Waals surface area contributed by atoms with Crippen molar-refractivity contribution in [2.75, 3.05) is 13.1 Å². The second-order valence-electron chi connectivity index (χ2n) is 7.56. The lowest BCUT2D eigenvalue weighted by Gasteiger charge is -2.40. The van der Waals surface area contributed by atoms with E-state index in [0.29, 0.717) is 0 Å². The summed E-state index contributed by atoms with van der Waals surface area (Å²) in [7, 11) is 0. The lowest BCUT2D eigenvalue weighted by Crippen LogP contribution is -2.40. The number of fused-ring (bicyclic) bond motifs is 2. The average Bonchev–Trinajstić information content (AvgIpc) is 2.74. The van der Waals surface area contributed by atoms with E-state index >= 15 is 0 Å². The van der Waals surface area contributed by atoms with Crippen LogP contribution in [0.5, 0.6) is 0 Å². The van der Waals surface area contributed by atoms with Gasteiger partial charge in [0.25, 0.3) is 0 Å². The number of pyridine rings is 2. The molecule has 0 bridgehead atoms. The molecule has 0 N–H and O–H groups in total. The Balaban J connectivity index is 1.47. The van der Waals surface area contributed by atoms with E-state index in [1.54, 1.807) is 0 Å². The van der Waals surface area contributed by atoms with E-state index in [4.69, 9.17) is 0 Å². The van der Waals surface area contributed by atoms with Gasteiger partial charge in [0.05, 0.1) is 5.52 Å². The first-order valence-corrected chi connectivity index (χ1v) is 9.92. The van der Waals surface area contributed by atoms with Crippen molar-refractivity contribution < 1.29 is 0 Å². The molecular weight excluding hydrogens is 344 g/mol. The SMILES string of the molecule is CC1=C(N2CCc3ncccc3C2)N(Cc2ccnc3ccccc23)CC=C1. The highest BCUT2D eigenvalue weighted by Crippen LogP contribution is 2.29. The fourth-order valence-corrected chi connectivity index (χ4v) is 4.40. The van der Waals surface area contributed by atoms with Gasteiger partial charge in [-0.05, 0) is 41.8 Å². The number of para-hydroxylation sites is 1. The Morgan fingerprint density at radius 1 is 1.00 bits per heavy atom. The molecule has 0 aliphatic carbocycles. The summed E-state index contributed by atoms with van der Waals surface area (Å²) < 4.78 is 0. The second kappa shape index (κ2) is 7.12. The second-order valence-corrected chi connectivity index (χ2v) is 7.56. The Kier molecular flexibility index (Phi) is 4.32. The summed E-state index contributed by atoms with van der Waals surface area (Å²) in [5.41, 5.74) is 6.31. The van der Waals surface area contributed by atoms with Gasteiger partial charge in [0.15, 0.2) is 0 Å². The lowest BCUT2D eigenvalue weighted by atomic mass is 10.0. The molecule has 1 aromatic carbocycles. The van der Waals surface area contributed by atoms with Gasteiger partial charge in [0, 0.05) is 56.1 Å². The van der Waals surface area contributed by atoms with E-state index in [0.717, 1.165) is 38.1 Å². The van der Waals surface area contributed by atoms with Crippen molar-refractivity contribution in [2.24, 2.45) is 0 Å². The Morgan fingerprint density at radius 2 is 1.93 bits per heavy atom. The number of hydrogen-bond donors (Lipinski definition) is 0. The first-order chi connectivity index (χ1) is 13.8. The van der Waals surface area contributed by atoms with Gasteiger partial charge in [0.2, 0.25) is 0 Å². The summed E-state index contributed by atoms with van der Waals surface area (Å²) in [5, 5.41) is 1.24. The molecule has 140 valence electrons. The van der Waals surface area contributed by atoms with E-state index in [-0.39, 0.29) is 0 Å². The Bertz CT molecular complexity index is 1080. The van der Waals surface area contributed by atoms with Crippen LogP contribution in [0.2, 0.25) is 0 Å². The van der Waals surface area contributed by atoms with Gasteiger partial charge in [0.1, 0.15) is 5.82 Å². The molecule has 0 fully saturated rings. The summed E-state index contributed by atoms with van der Waals surface area (Å²) in [6, 6.07) is 14.8. The minimum absolute atomic E-state index is 0.885. The van der Waals surface area contributed by atoms with Crippen LogP contribution in [0.25, 0.3) is 10.9 Å². The van der Waals surface area contributed by atoms with E-state index in [2.05, 4.69) is 75.2 Å². The Labute approximate surface area is 165 Å². The largest absolute Gasteiger partial charge is 0.353 e. The zero-order valence-corrected chi connectivity index (χ0v) is 16.2. The molecule has 0 spiro atoms. The van der Waals surface area contributed by atoms with Crippen LogP contribution in [0.3, 0.4) is 0 Å². The first-order valence-electron chi connectivity index (χ1n) is 9.92. The number of nitrogens with zero attached hydrogens (tertiary/aromatic N) is 4. The van der Waals surface area contributed by atoms with Gasteiger partial charge in [-0.2, -0.15) is 0 Å². The van der Waals surface area contributed by atoms with Gasteiger partial charge in [-0.25, -0.2) is 0 Å². The van der Waals surface area contributed by atoms with E-state index < -0.39 is 0 Å². The van der Waals surface area contributed by atoms with E-state index in [1.807, 2.05) is 18.5 Å². The molecule has 4 nitrogen and oxygen atoms in total. The number of hydrogen-bond acceptors (Lipinski definition) is 4. The summed E-state index contributed by atoms with van der Waals surface area (Å²) in [5.74, 6) is 1.35. The van der Waals surface area contributed by atoms with Crippen molar-refractivity contribution in [3.05, 3.63) is 95.2 Å². The molecule has 0 atom stereocenters. The normalized spacial score (nSPS) is 16.6.